The lowest BCUT2D eigenvalue weighted by molar-refractivity contribution is 0.339. The van der Waals surface area contributed by atoms with Crippen LogP contribution in [-0.2, 0) is 0 Å². The van der Waals surface area contributed by atoms with Crippen LogP contribution < -0.4 is 15.1 Å². The summed E-state index contributed by atoms with van der Waals surface area (Å²) in [6.07, 6.45) is 1.23. The van der Waals surface area contributed by atoms with E-state index in [2.05, 4.69) is 67.4 Å². The zero-order chi connectivity index (χ0) is 13.1. The molecule has 18 heavy (non-hydrogen) atoms. The summed E-state index contributed by atoms with van der Waals surface area (Å²) in [7, 11) is 6.26. The zero-order valence-corrected chi connectivity index (χ0v) is 12.0. The molecule has 1 heterocycles. The molecule has 1 aromatic carbocycles. The standard InChI is InChI=1S/C15H25N3/c1-12-11-18(9-8-15(12)16-2)14-7-5-6-13(10-14)17(3)4/h5-7,10,12,15-16H,8-9,11H2,1-4H3. The Morgan fingerprint density at radius 3 is 2.72 bits per heavy atom. The largest absolute Gasteiger partial charge is 0.378 e. The van der Waals surface area contributed by atoms with Crippen molar-refractivity contribution in [2.45, 2.75) is 19.4 Å². The maximum absolute atomic E-state index is 3.42. The van der Waals surface area contributed by atoms with E-state index in [4.69, 9.17) is 0 Å². The molecule has 1 saturated heterocycles. The van der Waals surface area contributed by atoms with Crippen molar-refractivity contribution in [3.63, 3.8) is 0 Å². The topological polar surface area (TPSA) is 18.5 Å². The molecule has 1 fully saturated rings. The SMILES string of the molecule is CNC1CCN(c2cccc(N(C)C)c2)CC1C. The number of nitrogens with zero attached hydrogens (tertiary/aromatic N) is 2. The molecule has 3 nitrogen and oxygen atoms in total. The second kappa shape index (κ2) is 5.61. The average Bonchev–Trinajstić information content (AvgIpc) is 2.38. The minimum absolute atomic E-state index is 0.665. The van der Waals surface area contributed by atoms with Crippen molar-refractivity contribution in [2.24, 2.45) is 5.92 Å². The van der Waals surface area contributed by atoms with Crippen LogP contribution in [0.2, 0.25) is 0 Å². The van der Waals surface area contributed by atoms with Crippen molar-refractivity contribution >= 4 is 11.4 Å². The number of hydrogen-bond acceptors (Lipinski definition) is 3. The second-order valence-corrected chi connectivity index (χ2v) is 5.52. The molecule has 2 rings (SSSR count). The molecule has 100 valence electrons. The van der Waals surface area contributed by atoms with E-state index in [0.717, 1.165) is 13.1 Å². The molecule has 0 bridgehead atoms. The van der Waals surface area contributed by atoms with E-state index >= 15 is 0 Å². The van der Waals surface area contributed by atoms with Crippen LogP contribution in [-0.4, -0.2) is 40.3 Å². The fourth-order valence-corrected chi connectivity index (χ4v) is 2.78. The molecule has 2 atom stereocenters. The molecule has 1 aliphatic heterocycles. The van der Waals surface area contributed by atoms with Crippen molar-refractivity contribution in [3.05, 3.63) is 24.3 Å². The number of hydrogen-bond donors (Lipinski definition) is 1. The van der Waals surface area contributed by atoms with Gasteiger partial charge < -0.3 is 15.1 Å². The van der Waals surface area contributed by atoms with Gasteiger partial charge in [-0.15, -0.1) is 0 Å². The third kappa shape index (κ3) is 2.78. The summed E-state index contributed by atoms with van der Waals surface area (Å²) >= 11 is 0. The highest BCUT2D eigenvalue weighted by Gasteiger charge is 2.24. The normalized spacial score (nSPS) is 24.1. The Morgan fingerprint density at radius 1 is 1.33 bits per heavy atom. The predicted molar refractivity (Wildman–Crippen MR) is 79.6 cm³/mol. The monoisotopic (exact) mass is 247 g/mol. The Morgan fingerprint density at radius 2 is 2.11 bits per heavy atom. The maximum atomic E-state index is 3.42. The van der Waals surface area contributed by atoms with E-state index in [9.17, 15) is 0 Å². The lowest BCUT2D eigenvalue weighted by Gasteiger charge is -2.38. The van der Waals surface area contributed by atoms with Gasteiger partial charge in [0.25, 0.3) is 0 Å². The van der Waals surface area contributed by atoms with E-state index in [1.54, 1.807) is 0 Å². The van der Waals surface area contributed by atoms with E-state index in [1.807, 2.05) is 0 Å². The number of anilines is 2. The first-order chi connectivity index (χ1) is 8.61. The van der Waals surface area contributed by atoms with Crippen LogP contribution in [0.25, 0.3) is 0 Å². The molecule has 3 heteroatoms. The summed E-state index contributed by atoms with van der Waals surface area (Å²) in [6.45, 7) is 4.62. The van der Waals surface area contributed by atoms with Crippen molar-refractivity contribution in [3.8, 4) is 0 Å². The molecule has 0 saturated carbocycles. The third-order valence-electron chi connectivity index (χ3n) is 3.99. The molecule has 0 radical (unpaired) electrons. The van der Waals surface area contributed by atoms with Gasteiger partial charge in [0.05, 0.1) is 0 Å². The van der Waals surface area contributed by atoms with Crippen molar-refractivity contribution < 1.29 is 0 Å². The Kier molecular flexibility index (Phi) is 4.12. The van der Waals surface area contributed by atoms with Crippen LogP contribution in [0.15, 0.2) is 24.3 Å². The van der Waals surface area contributed by atoms with Crippen LogP contribution in [0.3, 0.4) is 0 Å². The molecule has 1 aromatic rings. The predicted octanol–water partition coefficient (Wildman–Crippen LogP) is 2.19. The molecule has 1 aliphatic rings. The van der Waals surface area contributed by atoms with Gasteiger partial charge in [-0.3, -0.25) is 0 Å². The number of piperidine rings is 1. The van der Waals surface area contributed by atoms with Gasteiger partial charge in [-0.25, -0.2) is 0 Å². The van der Waals surface area contributed by atoms with Gasteiger partial charge in [0.2, 0.25) is 0 Å². The first kappa shape index (κ1) is 13.2. The minimum atomic E-state index is 0.665. The molecule has 0 aliphatic carbocycles. The molecule has 0 spiro atoms. The van der Waals surface area contributed by atoms with Crippen molar-refractivity contribution in [1.82, 2.24) is 5.32 Å². The Bertz CT molecular complexity index is 389. The van der Waals surface area contributed by atoms with E-state index in [0.29, 0.717) is 12.0 Å². The summed E-state index contributed by atoms with van der Waals surface area (Å²) in [6, 6.07) is 9.48. The number of nitrogens with one attached hydrogen (secondary N) is 1. The van der Waals surface area contributed by atoms with Crippen LogP contribution in [0.4, 0.5) is 11.4 Å². The highest BCUT2D eigenvalue weighted by atomic mass is 15.2. The summed E-state index contributed by atoms with van der Waals surface area (Å²) in [4.78, 5) is 4.67. The van der Waals surface area contributed by atoms with E-state index < -0.39 is 0 Å². The van der Waals surface area contributed by atoms with Crippen molar-refractivity contribution in [1.29, 1.82) is 0 Å². The molecular formula is C15H25N3. The Labute approximate surface area is 111 Å². The molecular weight excluding hydrogens is 222 g/mol. The lowest BCUT2D eigenvalue weighted by Crippen LogP contribution is -2.47. The van der Waals surface area contributed by atoms with Crippen LogP contribution in [0.1, 0.15) is 13.3 Å². The molecule has 2 unspecified atom stereocenters. The van der Waals surface area contributed by atoms with Crippen LogP contribution in [0, 0.1) is 5.92 Å². The van der Waals surface area contributed by atoms with Crippen molar-refractivity contribution in [2.75, 3.05) is 44.0 Å². The minimum Gasteiger partial charge on any atom is -0.378 e. The molecule has 1 N–H and O–H groups in total. The van der Waals surface area contributed by atoms with E-state index in [-0.39, 0.29) is 0 Å². The third-order valence-corrected chi connectivity index (χ3v) is 3.99. The average molecular weight is 247 g/mol. The van der Waals surface area contributed by atoms with Crippen LogP contribution in [0.5, 0.6) is 0 Å². The first-order valence-corrected chi connectivity index (χ1v) is 6.81. The highest BCUT2D eigenvalue weighted by molar-refractivity contribution is 5.59. The van der Waals surface area contributed by atoms with Gasteiger partial charge >= 0.3 is 0 Å². The van der Waals surface area contributed by atoms with Crippen LogP contribution >= 0.6 is 0 Å². The lowest BCUT2D eigenvalue weighted by atomic mass is 9.93. The molecule has 0 amide bonds. The van der Waals surface area contributed by atoms with Gasteiger partial charge in [0.1, 0.15) is 0 Å². The quantitative estimate of drug-likeness (QED) is 0.883. The summed E-state index contributed by atoms with van der Waals surface area (Å²) in [5, 5.41) is 3.42. The van der Waals surface area contributed by atoms with E-state index in [1.165, 1.54) is 17.8 Å². The smallest absolute Gasteiger partial charge is 0.0387 e. The number of rotatable bonds is 3. The van der Waals surface area contributed by atoms with Gasteiger partial charge in [0, 0.05) is 44.6 Å². The van der Waals surface area contributed by atoms with Gasteiger partial charge in [0.15, 0.2) is 0 Å². The first-order valence-electron chi connectivity index (χ1n) is 6.81. The Balaban J connectivity index is 2.10. The summed E-state index contributed by atoms with van der Waals surface area (Å²) in [5.74, 6) is 0.701. The summed E-state index contributed by atoms with van der Waals surface area (Å²) in [5.41, 5.74) is 2.62. The zero-order valence-electron chi connectivity index (χ0n) is 12.0. The highest BCUT2D eigenvalue weighted by Crippen LogP contribution is 2.26. The molecule has 0 aromatic heterocycles. The van der Waals surface area contributed by atoms with Gasteiger partial charge in [-0.05, 0) is 37.6 Å². The Hall–Kier alpha value is -1.22. The fourth-order valence-electron chi connectivity index (χ4n) is 2.78. The second-order valence-electron chi connectivity index (χ2n) is 5.52. The fraction of sp³-hybridized carbons (Fsp3) is 0.600. The van der Waals surface area contributed by atoms with Gasteiger partial charge in [-0.1, -0.05) is 13.0 Å². The number of benzene rings is 1. The van der Waals surface area contributed by atoms with Gasteiger partial charge in [-0.2, -0.15) is 0 Å². The maximum Gasteiger partial charge on any atom is 0.0387 e. The summed E-state index contributed by atoms with van der Waals surface area (Å²) < 4.78 is 0.